The fraction of sp³-hybridized carbons (Fsp3) is 0.500. The van der Waals surface area contributed by atoms with Crippen molar-refractivity contribution in [3.05, 3.63) is 17.2 Å². The molecule has 5 heteroatoms. The third-order valence-electron chi connectivity index (χ3n) is 1.96. The molecule has 1 aromatic rings. The van der Waals surface area contributed by atoms with E-state index in [1.54, 1.807) is 12.4 Å². The van der Waals surface area contributed by atoms with Crippen molar-refractivity contribution >= 4 is 12.2 Å². The van der Waals surface area contributed by atoms with Crippen LogP contribution >= 0.6 is 12.2 Å². The summed E-state index contributed by atoms with van der Waals surface area (Å²) in [5.74, 6) is 0.752. The van der Waals surface area contributed by atoms with Crippen LogP contribution in [0.4, 0.5) is 0 Å². The summed E-state index contributed by atoms with van der Waals surface area (Å²) in [6, 6.07) is 0. The van der Waals surface area contributed by atoms with E-state index in [2.05, 4.69) is 15.3 Å². The van der Waals surface area contributed by atoms with Crippen molar-refractivity contribution in [3.8, 4) is 5.75 Å². The topological polar surface area (TPSA) is 49.9 Å². The number of H-pyrrole nitrogens is 1. The predicted molar refractivity (Wildman–Crippen MR) is 51.3 cm³/mol. The van der Waals surface area contributed by atoms with E-state index < -0.39 is 0 Å². The molecule has 0 bridgehead atoms. The number of hydrogen-bond donors (Lipinski definition) is 2. The molecule has 1 fully saturated rings. The van der Waals surface area contributed by atoms with E-state index >= 15 is 0 Å². The molecule has 1 aliphatic rings. The maximum absolute atomic E-state index is 5.63. The Morgan fingerprint density at radius 1 is 1.62 bits per heavy atom. The van der Waals surface area contributed by atoms with Crippen LogP contribution in [0, 0.1) is 4.77 Å². The van der Waals surface area contributed by atoms with Gasteiger partial charge in [-0.15, -0.1) is 0 Å². The Morgan fingerprint density at radius 3 is 3.15 bits per heavy atom. The third kappa shape index (κ3) is 2.26. The van der Waals surface area contributed by atoms with Gasteiger partial charge in [0, 0.05) is 12.7 Å². The van der Waals surface area contributed by atoms with E-state index in [1.807, 2.05) is 0 Å². The van der Waals surface area contributed by atoms with E-state index in [-0.39, 0.29) is 6.10 Å². The van der Waals surface area contributed by atoms with Gasteiger partial charge >= 0.3 is 0 Å². The number of rotatable bonds is 2. The Kier molecular flexibility index (Phi) is 2.56. The van der Waals surface area contributed by atoms with Crippen molar-refractivity contribution in [2.45, 2.75) is 12.5 Å². The average molecular weight is 197 g/mol. The summed E-state index contributed by atoms with van der Waals surface area (Å²) in [6.45, 7) is 1.94. The van der Waals surface area contributed by atoms with Crippen molar-refractivity contribution in [1.29, 1.82) is 0 Å². The molecule has 4 nitrogen and oxygen atoms in total. The lowest BCUT2D eigenvalue weighted by molar-refractivity contribution is 0.221. The molecule has 1 unspecified atom stereocenters. The second kappa shape index (κ2) is 3.85. The minimum Gasteiger partial charge on any atom is -0.486 e. The van der Waals surface area contributed by atoms with E-state index in [0.29, 0.717) is 4.77 Å². The fourth-order valence-electron chi connectivity index (χ4n) is 1.32. The summed E-state index contributed by atoms with van der Waals surface area (Å²) in [5.41, 5.74) is 0. The van der Waals surface area contributed by atoms with E-state index in [0.717, 1.165) is 25.3 Å². The first kappa shape index (κ1) is 8.65. The second-order valence-corrected chi connectivity index (χ2v) is 3.37. The quantitative estimate of drug-likeness (QED) is 0.691. The predicted octanol–water partition coefficient (Wildman–Crippen LogP) is 0.880. The summed E-state index contributed by atoms with van der Waals surface area (Å²) in [7, 11) is 0. The molecule has 0 aromatic carbocycles. The summed E-state index contributed by atoms with van der Waals surface area (Å²) >= 11 is 4.82. The zero-order chi connectivity index (χ0) is 9.10. The second-order valence-electron chi connectivity index (χ2n) is 2.99. The van der Waals surface area contributed by atoms with Crippen LogP contribution < -0.4 is 10.1 Å². The first-order valence-corrected chi connectivity index (χ1v) is 4.67. The smallest absolute Gasteiger partial charge is 0.196 e. The molecule has 2 rings (SSSR count). The van der Waals surface area contributed by atoms with Gasteiger partial charge < -0.3 is 15.0 Å². The Bertz CT molecular complexity index is 312. The first-order chi connectivity index (χ1) is 6.34. The summed E-state index contributed by atoms with van der Waals surface area (Å²) in [4.78, 5) is 6.77. The van der Waals surface area contributed by atoms with Crippen LogP contribution in [0.1, 0.15) is 6.42 Å². The van der Waals surface area contributed by atoms with Gasteiger partial charge in [0.05, 0.1) is 6.20 Å². The molecule has 1 saturated heterocycles. The minimum absolute atomic E-state index is 0.270. The molecular weight excluding hydrogens is 186 g/mol. The van der Waals surface area contributed by atoms with Crippen LogP contribution in [-0.4, -0.2) is 29.2 Å². The van der Waals surface area contributed by atoms with Crippen LogP contribution in [0.3, 0.4) is 0 Å². The average Bonchev–Trinajstić information content (AvgIpc) is 2.62. The van der Waals surface area contributed by atoms with E-state index in [9.17, 15) is 0 Å². The van der Waals surface area contributed by atoms with Crippen molar-refractivity contribution in [2.75, 3.05) is 13.1 Å². The molecule has 70 valence electrons. The summed E-state index contributed by atoms with van der Waals surface area (Å²) < 4.78 is 6.11. The van der Waals surface area contributed by atoms with Crippen LogP contribution in [-0.2, 0) is 0 Å². The lowest BCUT2D eigenvalue weighted by Gasteiger charge is -2.10. The highest BCUT2D eigenvalue weighted by Gasteiger charge is 2.15. The van der Waals surface area contributed by atoms with Gasteiger partial charge in [0.25, 0.3) is 0 Å². The number of aromatic amines is 1. The van der Waals surface area contributed by atoms with Crippen molar-refractivity contribution < 1.29 is 4.74 Å². The number of nitrogens with zero attached hydrogens (tertiary/aromatic N) is 1. The molecule has 0 saturated carbocycles. The fourth-order valence-corrected chi connectivity index (χ4v) is 1.43. The Hall–Kier alpha value is -0.940. The number of hydrogen-bond acceptors (Lipinski definition) is 4. The van der Waals surface area contributed by atoms with Gasteiger partial charge in [-0.25, -0.2) is 4.98 Å². The number of ether oxygens (including phenoxy) is 1. The zero-order valence-corrected chi connectivity index (χ0v) is 7.93. The molecule has 0 aliphatic carbocycles. The van der Waals surface area contributed by atoms with Crippen molar-refractivity contribution in [2.24, 2.45) is 0 Å². The zero-order valence-electron chi connectivity index (χ0n) is 7.12. The van der Waals surface area contributed by atoms with Gasteiger partial charge in [0.2, 0.25) is 0 Å². The van der Waals surface area contributed by atoms with Gasteiger partial charge in [-0.1, -0.05) is 0 Å². The van der Waals surface area contributed by atoms with E-state index in [4.69, 9.17) is 17.0 Å². The maximum atomic E-state index is 5.63. The highest BCUT2D eigenvalue weighted by Crippen LogP contribution is 2.11. The summed E-state index contributed by atoms with van der Waals surface area (Å²) in [6.07, 6.45) is 4.71. The molecule has 0 radical (unpaired) electrons. The van der Waals surface area contributed by atoms with Gasteiger partial charge in [-0.3, -0.25) is 0 Å². The lowest BCUT2D eigenvalue weighted by Crippen LogP contribution is -2.19. The third-order valence-corrected chi connectivity index (χ3v) is 2.19. The summed E-state index contributed by atoms with van der Waals surface area (Å²) in [5, 5.41) is 3.23. The van der Waals surface area contributed by atoms with Crippen LogP contribution in [0.15, 0.2) is 12.4 Å². The molecule has 1 aliphatic heterocycles. The monoisotopic (exact) mass is 197 g/mol. The van der Waals surface area contributed by atoms with Crippen LogP contribution in [0.2, 0.25) is 0 Å². The molecule has 1 aromatic heterocycles. The number of aromatic nitrogens is 2. The Balaban J connectivity index is 2.00. The van der Waals surface area contributed by atoms with Gasteiger partial charge in [0.15, 0.2) is 10.5 Å². The Morgan fingerprint density at radius 2 is 2.54 bits per heavy atom. The molecule has 0 amide bonds. The molecular formula is C8H11N3OS. The highest BCUT2D eigenvalue weighted by molar-refractivity contribution is 7.71. The lowest BCUT2D eigenvalue weighted by atomic mass is 10.3. The normalized spacial score (nSPS) is 21.7. The molecule has 1 atom stereocenters. The standard InChI is InChI=1S/C8H11N3OS/c13-8-10-4-7(5-11-8)12-6-1-2-9-3-6/h4-6,9H,1-3H2,(H,10,11,13). The molecule has 0 spiro atoms. The largest absolute Gasteiger partial charge is 0.486 e. The van der Waals surface area contributed by atoms with Crippen LogP contribution in [0.5, 0.6) is 5.75 Å². The van der Waals surface area contributed by atoms with Gasteiger partial charge in [-0.05, 0) is 25.2 Å². The van der Waals surface area contributed by atoms with E-state index in [1.165, 1.54) is 0 Å². The Labute approximate surface area is 81.3 Å². The van der Waals surface area contributed by atoms with Crippen LogP contribution in [0.25, 0.3) is 0 Å². The minimum atomic E-state index is 0.270. The molecule has 2 heterocycles. The van der Waals surface area contributed by atoms with Crippen molar-refractivity contribution in [3.63, 3.8) is 0 Å². The van der Waals surface area contributed by atoms with Gasteiger partial charge in [-0.2, -0.15) is 0 Å². The highest BCUT2D eigenvalue weighted by atomic mass is 32.1. The number of nitrogens with one attached hydrogen (secondary N) is 2. The maximum Gasteiger partial charge on any atom is 0.196 e. The molecule has 2 N–H and O–H groups in total. The molecule has 13 heavy (non-hydrogen) atoms. The van der Waals surface area contributed by atoms with Gasteiger partial charge in [0.1, 0.15) is 6.10 Å². The first-order valence-electron chi connectivity index (χ1n) is 4.27. The van der Waals surface area contributed by atoms with Crippen molar-refractivity contribution in [1.82, 2.24) is 15.3 Å². The SMILES string of the molecule is S=c1ncc(OC2CCNC2)c[nH]1.